The van der Waals surface area contributed by atoms with Crippen molar-refractivity contribution in [1.29, 1.82) is 0 Å². The van der Waals surface area contributed by atoms with Gasteiger partial charge in [-0.15, -0.1) is 17.7 Å². The molecule has 0 aliphatic rings. The largest absolute Gasteiger partial charge is 0.501 e. The van der Waals surface area contributed by atoms with Crippen LogP contribution < -0.4 is 4.40 Å². The van der Waals surface area contributed by atoms with E-state index in [0.29, 0.717) is 17.5 Å². The predicted octanol–water partition coefficient (Wildman–Crippen LogP) is 16.9. The summed E-state index contributed by atoms with van der Waals surface area (Å²) in [4.78, 5) is 14.8. The van der Waals surface area contributed by atoms with Gasteiger partial charge in [-0.25, -0.2) is 0 Å². The minimum absolute atomic E-state index is 0. The van der Waals surface area contributed by atoms with Crippen molar-refractivity contribution >= 4 is 72.7 Å². The third-order valence-corrected chi connectivity index (χ3v) is 18.1. The molecule has 0 amide bonds. The summed E-state index contributed by atoms with van der Waals surface area (Å²) in [7, 11) is 0. The summed E-state index contributed by atoms with van der Waals surface area (Å²) in [6.45, 7) is 22.1. The van der Waals surface area contributed by atoms with Gasteiger partial charge < -0.3 is 8.98 Å². The molecule has 0 saturated carbocycles. The molecule has 8 heteroatoms. The number of aromatic nitrogens is 4. The molecule has 0 unspecified atom stereocenters. The van der Waals surface area contributed by atoms with E-state index in [-0.39, 0.29) is 25.5 Å². The molecular formula is C63H62GeIrN4O2-2. The molecule has 0 saturated heterocycles. The SMILES string of the molecule is Cc1cc(-c2[c-]ccc3c2oc2nc(C(C)(C)C)ccc23)nc[c]1[Ge]([CH3])([CH3])[CH3].Cc1cc(C(C)C)c(-n2c(-c3[c-]cc(C)c4c3oc3cc(-c5ccccc5)ccc34)nc3ccccc32)c(C(C)C)c1.[Ir]. The second kappa shape index (κ2) is 19.1. The van der Waals surface area contributed by atoms with Crippen LogP contribution in [-0.4, -0.2) is 32.8 Å². The van der Waals surface area contributed by atoms with Crippen LogP contribution in [0, 0.1) is 32.9 Å². The average Bonchev–Trinajstić information content (AvgIpc) is 4.03. The first-order valence-corrected chi connectivity index (χ1v) is 32.0. The molecule has 0 spiro atoms. The maximum absolute atomic E-state index is 6.76. The van der Waals surface area contributed by atoms with Crippen LogP contribution in [0.3, 0.4) is 0 Å². The second-order valence-electron chi connectivity index (χ2n) is 21.7. The molecule has 5 heterocycles. The van der Waals surface area contributed by atoms with Crippen molar-refractivity contribution in [2.75, 3.05) is 0 Å². The Morgan fingerprint density at radius 2 is 1.34 bits per heavy atom. The number of aryl methyl sites for hydroxylation is 3. The van der Waals surface area contributed by atoms with E-state index in [1.165, 1.54) is 37.9 Å². The van der Waals surface area contributed by atoms with Crippen molar-refractivity contribution in [2.24, 2.45) is 0 Å². The van der Waals surface area contributed by atoms with E-state index in [1.807, 2.05) is 12.1 Å². The summed E-state index contributed by atoms with van der Waals surface area (Å²) in [5.74, 6) is 8.74. The number of nitrogens with zero attached hydrogens (tertiary/aromatic N) is 4. The van der Waals surface area contributed by atoms with E-state index < -0.39 is 13.3 Å². The van der Waals surface area contributed by atoms with Crippen molar-refractivity contribution in [1.82, 2.24) is 19.5 Å². The first-order valence-electron chi connectivity index (χ1n) is 24.6. The van der Waals surface area contributed by atoms with E-state index in [0.717, 1.165) is 88.8 Å². The van der Waals surface area contributed by atoms with Gasteiger partial charge in [-0.3, -0.25) is 4.98 Å². The molecule has 0 atom stereocenters. The molecule has 0 N–H and O–H groups in total. The number of para-hydroxylation sites is 2. The minimum atomic E-state index is -1.93. The normalized spacial score (nSPS) is 12.2. The summed E-state index contributed by atoms with van der Waals surface area (Å²) >= 11 is -1.93. The van der Waals surface area contributed by atoms with Crippen LogP contribution in [0.4, 0.5) is 0 Å². The second-order valence-corrected chi connectivity index (χ2v) is 32.3. The van der Waals surface area contributed by atoms with Crippen molar-refractivity contribution in [2.45, 2.75) is 104 Å². The van der Waals surface area contributed by atoms with Gasteiger partial charge in [0, 0.05) is 31.2 Å². The van der Waals surface area contributed by atoms with Gasteiger partial charge in [-0.1, -0.05) is 118 Å². The maximum atomic E-state index is 6.76. The van der Waals surface area contributed by atoms with E-state index in [1.54, 1.807) is 0 Å². The van der Waals surface area contributed by atoms with Crippen molar-refractivity contribution in [3.8, 4) is 39.5 Å². The van der Waals surface area contributed by atoms with Gasteiger partial charge in [-0.05, 0) is 59.2 Å². The zero-order valence-corrected chi connectivity index (χ0v) is 47.7. The van der Waals surface area contributed by atoms with Crippen molar-refractivity contribution in [3.63, 3.8) is 0 Å². The first-order chi connectivity index (χ1) is 33.4. The Morgan fingerprint density at radius 1 is 0.648 bits per heavy atom. The van der Waals surface area contributed by atoms with Gasteiger partial charge in [0.1, 0.15) is 5.58 Å². The van der Waals surface area contributed by atoms with Crippen molar-refractivity contribution in [3.05, 3.63) is 173 Å². The molecule has 5 aromatic heterocycles. The van der Waals surface area contributed by atoms with Crippen LogP contribution in [-0.2, 0) is 25.5 Å². The quantitative estimate of drug-likeness (QED) is 0.117. The summed E-state index contributed by atoms with van der Waals surface area (Å²) in [6, 6.07) is 49.6. The molecule has 11 rings (SSSR count). The van der Waals surface area contributed by atoms with Crippen molar-refractivity contribution < 1.29 is 28.9 Å². The molecular weight excluding hydrogens is 1110 g/mol. The number of furan rings is 2. The fourth-order valence-electron chi connectivity index (χ4n) is 10.1. The number of hydrogen-bond acceptors (Lipinski definition) is 5. The number of rotatable bonds is 7. The first kappa shape index (κ1) is 49.8. The van der Waals surface area contributed by atoms with Gasteiger partial charge in [0.2, 0.25) is 0 Å². The fourth-order valence-corrected chi connectivity index (χ4v) is 13.6. The Kier molecular flexibility index (Phi) is 13.4. The zero-order chi connectivity index (χ0) is 49.4. The van der Waals surface area contributed by atoms with Gasteiger partial charge in [0.05, 0.1) is 22.4 Å². The van der Waals surface area contributed by atoms with E-state index >= 15 is 0 Å². The van der Waals surface area contributed by atoms with Crippen LogP contribution in [0.1, 0.15) is 93.8 Å². The summed E-state index contributed by atoms with van der Waals surface area (Å²) in [6.07, 6.45) is 2.07. The van der Waals surface area contributed by atoms with E-state index in [2.05, 4.69) is 219 Å². The monoisotopic (exact) mass is 1170 g/mol. The summed E-state index contributed by atoms with van der Waals surface area (Å²) in [5.41, 5.74) is 18.9. The van der Waals surface area contributed by atoms with Crippen LogP contribution >= 0.6 is 0 Å². The van der Waals surface area contributed by atoms with Gasteiger partial charge in [0.25, 0.3) is 0 Å². The Labute approximate surface area is 434 Å². The number of imidazole rings is 1. The van der Waals surface area contributed by atoms with E-state index in [9.17, 15) is 0 Å². The Balaban J connectivity index is 0.000000188. The minimum Gasteiger partial charge on any atom is -0.501 e. The smallest absolute Gasteiger partial charge is 0.121 e. The topological polar surface area (TPSA) is 69.9 Å². The van der Waals surface area contributed by atoms with Crippen LogP contribution in [0.2, 0.25) is 17.3 Å². The Hall–Kier alpha value is -6.12. The van der Waals surface area contributed by atoms with Gasteiger partial charge in [0.15, 0.2) is 0 Å². The van der Waals surface area contributed by atoms with Gasteiger partial charge in [-0.2, -0.15) is 0 Å². The molecule has 0 fully saturated rings. The third-order valence-electron chi connectivity index (χ3n) is 13.7. The van der Waals surface area contributed by atoms with E-state index in [4.69, 9.17) is 23.8 Å². The zero-order valence-electron chi connectivity index (χ0n) is 43.2. The summed E-state index contributed by atoms with van der Waals surface area (Å²) < 4.78 is 16.8. The van der Waals surface area contributed by atoms with Crippen LogP contribution in [0.5, 0.6) is 0 Å². The number of hydrogen-bond donors (Lipinski definition) is 0. The number of benzene rings is 6. The standard InChI is InChI=1S/C39H35N2O.C24H27GeN2O.Ir/c1-23(2)31-20-25(5)21-32(24(3)4)37(31)41-34-15-11-10-14-33(34)40-39(41)30-18-16-26(6)36-29-19-17-28(22-35(29)42-38(30)36)27-12-8-7-9-13-27;1-15-13-20(26-14-19(15)25(5,6)7)18-10-8-9-16-17-11-12-21(24(2,3)4)27-23(17)28-22(16)18;/h7-17,19-24H,1-6H3;8-9,11-14H,1-7H3;/q2*-1;. The Bertz CT molecular complexity index is 3760. The molecule has 0 bridgehead atoms. The average molecular weight is 1170 g/mol. The molecule has 0 aliphatic carbocycles. The van der Waals surface area contributed by atoms with Crippen LogP contribution in [0.25, 0.3) is 94.5 Å². The molecule has 361 valence electrons. The maximum Gasteiger partial charge on any atom is 0.121 e. The molecule has 71 heavy (non-hydrogen) atoms. The molecule has 6 aromatic carbocycles. The Morgan fingerprint density at radius 3 is 2.01 bits per heavy atom. The molecule has 0 aliphatic heterocycles. The molecule has 11 aromatic rings. The summed E-state index contributed by atoms with van der Waals surface area (Å²) in [5, 5.41) is 4.33. The van der Waals surface area contributed by atoms with Crippen LogP contribution in [0.15, 0.2) is 136 Å². The fraction of sp³-hybridized carbons (Fsp3) is 0.254. The van der Waals surface area contributed by atoms with Gasteiger partial charge >= 0.3 is 170 Å². The number of pyridine rings is 2. The third kappa shape index (κ3) is 9.22. The molecule has 1 radical (unpaired) electrons. The number of fused-ring (bicyclic) bond motifs is 7. The predicted molar refractivity (Wildman–Crippen MR) is 296 cm³/mol. The molecule has 6 nitrogen and oxygen atoms in total.